The number of aryl methyl sites for hydroxylation is 2. The molecule has 0 amide bonds. The fourth-order valence-electron chi connectivity index (χ4n) is 2.76. The van der Waals surface area contributed by atoms with Crippen molar-refractivity contribution >= 4 is 11.6 Å². The van der Waals surface area contributed by atoms with E-state index in [1.54, 1.807) is 23.3 Å². The SMILES string of the molecule is CCn1cc(Cc2cn(C)nc2-c2ncc(F)cc2C(C)O)c(Cl)n1. The van der Waals surface area contributed by atoms with Gasteiger partial charge in [-0.15, -0.1) is 0 Å². The minimum absolute atomic E-state index is 0.398. The summed E-state index contributed by atoms with van der Waals surface area (Å²) in [5.41, 5.74) is 3.21. The van der Waals surface area contributed by atoms with Crippen molar-refractivity contribution in [3.63, 3.8) is 0 Å². The first-order valence-electron chi connectivity index (χ1n) is 7.97. The summed E-state index contributed by atoms with van der Waals surface area (Å²) in [6, 6.07) is 1.29. The Hall–Kier alpha value is -2.25. The summed E-state index contributed by atoms with van der Waals surface area (Å²) in [4.78, 5) is 4.16. The number of halogens is 2. The van der Waals surface area contributed by atoms with Gasteiger partial charge in [0.25, 0.3) is 0 Å². The normalized spacial score (nSPS) is 12.6. The van der Waals surface area contributed by atoms with Crippen LogP contribution >= 0.6 is 11.6 Å². The van der Waals surface area contributed by atoms with Gasteiger partial charge in [0.15, 0.2) is 5.15 Å². The Bertz CT molecular complexity index is 903. The zero-order valence-corrected chi connectivity index (χ0v) is 15.0. The van der Waals surface area contributed by atoms with Crippen molar-refractivity contribution in [3.05, 3.63) is 52.3 Å². The van der Waals surface area contributed by atoms with E-state index >= 15 is 0 Å². The Balaban J connectivity index is 2.06. The third-order valence-electron chi connectivity index (χ3n) is 3.95. The maximum Gasteiger partial charge on any atom is 0.154 e. The van der Waals surface area contributed by atoms with Crippen LogP contribution in [0.2, 0.25) is 5.15 Å². The average molecular weight is 364 g/mol. The second kappa shape index (κ2) is 6.93. The molecule has 3 heterocycles. The van der Waals surface area contributed by atoms with Gasteiger partial charge in [0.05, 0.1) is 18.0 Å². The molecule has 1 N–H and O–H groups in total. The van der Waals surface area contributed by atoms with Gasteiger partial charge in [0.2, 0.25) is 0 Å². The summed E-state index contributed by atoms with van der Waals surface area (Å²) in [7, 11) is 1.80. The highest BCUT2D eigenvalue weighted by Crippen LogP contribution is 2.30. The van der Waals surface area contributed by atoms with Crippen molar-refractivity contribution in [2.75, 3.05) is 0 Å². The summed E-state index contributed by atoms with van der Waals surface area (Å²) in [5, 5.41) is 19.1. The van der Waals surface area contributed by atoms with Gasteiger partial charge < -0.3 is 5.11 Å². The quantitative estimate of drug-likeness (QED) is 0.756. The van der Waals surface area contributed by atoms with Gasteiger partial charge in [-0.05, 0) is 19.9 Å². The number of pyridine rings is 1. The molecule has 0 radical (unpaired) electrons. The van der Waals surface area contributed by atoms with Gasteiger partial charge in [-0.3, -0.25) is 14.3 Å². The topological polar surface area (TPSA) is 68.8 Å². The van der Waals surface area contributed by atoms with E-state index in [2.05, 4.69) is 15.2 Å². The summed E-state index contributed by atoms with van der Waals surface area (Å²) in [6.45, 7) is 4.29. The molecule has 3 aromatic rings. The molecule has 1 atom stereocenters. The molecule has 3 aromatic heterocycles. The van der Waals surface area contributed by atoms with Gasteiger partial charge in [-0.1, -0.05) is 11.6 Å². The molecule has 8 heteroatoms. The maximum absolute atomic E-state index is 13.5. The lowest BCUT2D eigenvalue weighted by Crippen LogP contribution is -2.01. The number of hydrogen-bond donors (Lipinski definition) is 1. The number of aliphatic hydroxyl groups excluding tert-OH is 1. The van der Waals surface area contributed by atoms with E-state index in [0.29, 0.717) is 28.5 Å². The Morgan fingerprint density at radius 3 is 2.64 bits per heavy atom. The summed E-state index contributed by atoms with van der Waals surface area (Å²) in [5.74, 6) is -0.496. The maximum atomic E-state index is 13.5. The van der Waals surface area contributed by atoms with E-state index in [1.165, 1.54) is 6.07 Å². The van der Waals surface area contributed by atoms with Crippen LogP contribution in [0.25, 0.3) is 11.4 Å². The molecule has 0 saturated carbocycles. The molecule has 0 fully saturated rings. The molecular formula is C17H19ClFN5O. The van der Waals surface area contributed by atoms with Crippen LogP contribution in [0, 0.1) is 5.82 Å². The Kier molecular flexibility index (Phi) is 4.87. The molecule has 1 unspecified atom stereocenters. The van der Waals surface area contributed by atoms with Crippen molar-refractivity contribution in [2.45, 2.75) is 32.9 Å². The van der Waals surface area contributed by atoms with Crippen molar-refractivity contribution in [3.8, 4) is 11.4 Å². The molecule has 0 saturated heterocycles. The van der Waals surface area contributed by atoms with Gasteiger partial charge in [0, 0.05) is 49.1 Å². The lowest BCUT2D eigenvalue weighted by Gasteiger charge is -2.10. The zero-order valence-electron chi connectivity index (χ0n) is 14.2. The van der Waals surface area contributed by atoms with E-state index in [9.17, 15) is 9.50 Å². The molecular weight excluding hydrogens is 345 g/mol. The Morgan fingerprint density at radius 2 is 2.00 bits per heavy atom. The third kappa shape index (κ3) is 3.57. The van der Waals surface area contributed by atoms with Crippen molar-refractivity contribution < 1.29 is 9.50 Å². The highest BCUT2D eigenvalue weighted by Gasteiger charge is 2.20. The monoisotopic (exact) mass is 363 g/mol. The molecule has 0 aliphatic heterocycles. The van der Waals surface area contributed by atoms with E-state index in [1.807, 2.05) is 19.3 Å². The molecule has 3 rings (SSSR count). The molecule has 0 bridgehead atoms. The van der Waals surface area contributed by atoms with Crippen LogP contribution < -0.4 is 0 Å². The van der Waals surface area contributed by atoms with Crippen LogP contribution in [0.1, 0.15) is 36.6 Å². The highest BCUT2D eigenvalue weighted by atomic mass is 35.5. The standard InChI is InChI=1S/C17H19ClFN5O/c1-4-24-9-12(17(18)22-24)5-11-8-23(3)21-15(11)16-14(10(2)25)6-13(19)7-20-16/h6-10,25H,4-5H2,1-3H3. The largest absolute Gasteiger partial charge is 0.389 e. The van der Waals surface area contributed by atoms with E-state index < -0.39 is 11.9 Å². The number of aromatic nitrogens is 5. The van der Waals surface area contributed by atoms with Gasteiger partial charge in [0.1, 0.15) is 11.5 Å². The van der Waals surface area contributed by atoms with Crippen LogP contribution in [-0.4, -0.2) is 29.7 Å². The first-order chi connectivity index (χ1) is 11.9. The summed E-state index contributed by atoms with van der Waals surface area (Å²) in [6.07, 6.45) is 4.54. The fourth-order valence-corrected chi connectivity index (χ4v) is 2.98. The smallest absolute Gasteiger partial charge is 0.154 e. The first-order valence-corrected chi connectivity index (χ1v) is 8.35. The summed E-state index contributed by atoms with van der Waals surface area (Å²) < 4.78 is 17.0. The highest BCUT2D eigenvalue weighted by molar-refractivity contribution is 6.30. The predicted molar refractivity (Wildman–Crippen MR) is 92.7 cm³/mol. The van der Waals surface area contributed by atoms with E-state index in [0.717, 1.165) is 23.9 Å². The second-order valence-corrected chi connectivity index (χ2v) is 6.28. The lowest BCUT2D eigenvalue weighted by atomic mass is 10.0. The van der Waals surface area contributed by atoms with Gasteiger partial charge in [-0.2, -0.15) is 10.2 Å². The number of aliphatic hydroxyl groups is 1. The molecule has 0 aliphatic rings. The molecule has 0 aliphatic carbocycles. The Labute approximate surface area is 149 Å². The third-order valence-corrected chi connectivity index (χ3v) is 4.27. The molecule has 25 heavy (non-hydrogen) atoms. The summed E-state index contributed by atoms with van der Waals surface area (Å²) >= 11 is 6.22. The first kappa shape index (κ1) is 17.6. The van der Waals surface area contributed by atoms with Crippen molar-refractivity contribution in [2.24, 2.45) is 7.05 Å². The zero-order chi connectivity index (χ0) is 18.1. The predicted octanol–water partition coefficient (Wildman–Crippen LogP) is 3.14. The number of nitrogens with zero attached hydrogens (tertiary/aromatic N) is 5. The number of rotatable bonds is 5. The molecule has 6 nitrogen and oxygen atoms in total. The Morgan fingerprint density at radius 1 is 1.24 bits per heavy atom. The van der Waals surface area contributed by atoms with Crippen LogP contribution in [0.15, 0.2) is 24.7 Å². The second-order valence-electron chi connectivity index (χ2n) is 5.92. The van der Waals surface area contributed by atoms with Crippen LogP contribution in [0.3, 0.4) is 0 Å². The average Bonchev–Trinajstić information content (AvgIpc) is 3.10. The van der Waals surface area contributed by atoms with Crippen LogP contribution in [0.5, 0.6) is 0 Å². The van der Waals surface area contributed by atoms with Crippen molar-refractivity contribution in [1.82, 2.24) is 24.5 Å². The lowest BCUT2D eigenvalue weighted by molar-refractivity contribution is 0.199. The minimum atomic E-state index is -0.862. The van der Waals surface area contributed by atoms with Crippen molar-refractivity contribution in [1.29, 1.82) is 0 Å². The van der Waals surface area contributed by atoms with E-state index in [4.69, 9.17) is 11.6 Å². The van der Waals surface area contributed by atoms with Crippen LogP contribution in [-0.2, 0) is 20.0 Å². The fraction of sp³-hybridized carbons (Fsp3) is 0.353. The van der Waals surface area contributed by atoms with Gasteiger partial charge in [-0.25, -0.2) is 4.39 Å². The molecule has 132 valence electrons. The minimum Gasteiger partial charge on any atom is -0.389 e. The van der Waals surface area contributed by atoms with Crippen LogP contribution in [0.4, 0.5) is 4.39 Å². The molecule has 0 aromatic carbocycles. The van der Waals surface area contributed by atoms with Gasteiger partial charge >= 0.3 is 0 Å². The number of hydrogen-bond acceptors (Lipinski definition) is 4. The molecule has 0 spiro atoms. The van der Waals surface area contributed by atoms with E-state index in [-0.39, 0.29) is 0 Å².